The van der Waals surface area contributed by atoms with Crippen LogP contribution in [0.2, 0.25) is 0 Å². The maximum Gasteiger partial charge on any atom is 0.244 e. The zero-order valence-corrected chi connectivity index (χ0v) is 14.4. The molecular weight excluding hydrogens is 428 g/mol. The third-order valence-electron chi connectivity index (χ3n) is 3.19. The van der Waals surface area contributed by atoms with Gasteiger partial charge in [0.15, 0.2) is 0 Å². The third-order valence-corrected chi connectivity index (χ3v) is 4.90. The molecule has 0 saturated heterocycles. The van der Waals surface area contributed by atoms with Crippen molar-refractivity contribution in [3.05, 3.63) is 25.6 Å². The fraction of sp³-hybridized carbons (Fsp3) is 0.417. The van der Waals surface area contributed by atoms with Gasteiger partial charge in [-0.1, -0.05) is 28.8 Å². The molecular formula is C12H13Br3N2O. The first-order valence-corrected chi connectivity index (χ1v) is 8.05. The zero-order valence-electron chi connectivity index (χ0n) is 9.60. The van der Waals surface area contributed by atoms with Crippen LogP contribution < -0.4 is 11.1 Å². The summed E-state index contributed by atoms with van der Waals surface area (Å²) in [7, 11) is 0. The summed E-state index contributed by atoms with van der Waals surface area (Å²) in [6, 6.07) is 3.77. The highest BCUT2D eigenvalue weighted by atomic mass is 79.9. The molecule has 0 aliphatic heterocycles. The van der Waals surface area contributed by atoms with E-state index in [1.165, 1.54) is 0 Å². The SMILES string of the molecule is NC1(C(=O)Nc2c(Br)cc(Br)cc2Br)CCCC1. The molecule has 0 radical (unpaired) electrons. The molecule has 3 N–H and O–H groups in total. The molecule has 0 atom stereocenters. The van der Waals surface area contributed by atoms with Crippen molar-refractivity contribution in [3.63, 3.8) is 0 Å². The molecule has 0 spiro atoms. The molecule has 3 nitrogen and oxygen atoms in total. The van der Waals surface area contributed by atoms with E-state index in [0.717, 1.165) is 44.8 Å². The number of nitrogens with one attached hydrogen (secondary N) is 1. The number of hydrogen-bond acceptors (Lipinski definition) is 2. The van der Waals surface area contributed by atoms with Crippen molar-refractivity contribution in [1.82, 2.24) is 0 Å². The molecule has 1 saturated carbocycles. The summed E-state index contributed by atoms with van der Waals surface area (Å²) >= 11 is 10.3. The van der Waals surface area contributed by atoms with E-state index < -0.39 is 5.54 Å². The number of amides is 1. The van der Waals surface area contributed by atoms with Gasteiger partial charge in [-0.15, -0.1) is 0 Å². The zero-order chi connectivity index (χ0) is 13.3. The van der Waals surface area contributed by atoms with E-state index >= 15 is 0 Å². The first-order chi connectivity index (χ1) is 8.42. The van der Waals surface area contributed by atoms with E-state index in [9.17, 15) is 4.79 Å². The lowest BCUT2D eigenvalue weighted by Crippen LogP contribution is -2.48. The smallest absolute Gasteiger partial charge is 0.244 e. The van der Waals surface area contributed by atoms with Crippen molar-refractivity contribution in [2.24, 2.45) is 5.73 Å². The summed E-state index contributed by atoms with van der Waals surface area (Å²) in [5.41, 5.74) is 6.13. The Balaban J connectivity index is 2.22. The minimum atomic E-state index is -0.716. The summed E-state index contributed by atoms with van der Waals surface area (Å²) in [5.74, 6) is -0.108. The summed E-state index contributed by atoms with van der Waals surface area (Å²) < 4.78 is 2.57. The standard InChI is InChI=1S/C12H13Br3N2O/c13-7-5-8(14)10(9(15)6-7)17-11(18)12(16)3-1-2-4-12/h5-6H,1-4,16H2,(H,17,18). The maximum atomic E-state index is 12.2. The topological polar surface area (TPSA) is 55.1 Å². The molecule has 1 aliphatic carbocycles. The van der Waals surface area contributed by atoms with Gasteiger partial charge in [-0.2, -0.15) is 0 Å². The number of nitrogens with two attached hydrogens (primary N) is 1. The predicted octanol–water partition coefficient (Wildman–Crippen LogP) is 4.18. The van der Waals surface area contributed by atoms with Gasteiger partial charge in [-0.3, -0.25) is 4.79 Å². The van der Waals surface area contributed by atoms with Gasteiger partial charge in [0.2, 0.25) is 5.91 Å². The molecule has 1 amide bonds. The second-order valence-electron chi connectivity index (χ2n) is 4.56. The molecule has 0 bridgehead atoms. The lowest BCUT2D eigenvalue weighted by molar-refractivity contribution is -0.121. The lowest BCUT2D eigenvalue weighted by Gasteiger charge is -2.23. The summed E-state index contributed by atoms with van der Waals surface area (Å²) in [4.78, 5) is 12.2. The number of carbonyl (C=O) groups excluding carboxylic acids is 1. The van der Waals surface area contributed by atoms with Crippen molar-refractivity contribution in [3.8, 4) is 0 Å². The monoisotopic (exact) mass is 438 g/mol. The number of rotatable bonds is 2. The fourth-order valence-corrected chi connectivity index (χ4v) is 4.59. The van der Waals surface area contributed by atoms with Crippen LogP contribution in [0.3, 0.4) is 0 Å². The predicted molar refractivity (Wildman–Crippen MR) is 83.6 cm³/mol. The van der Waals surface area contributed by atoms with Crippen LogP contribution >= 0.6 is 47.8 Å². The maximum absolute atomic E-state index is 12.2. The number of carbonyl (C=O) groups is 1. The van der Waals surface area contributed by atoms with E-state index in [4.69, 9.17) is 5.73 Å². The largest absolute Gasteiger partial charge is 0.323 e. The molecule has 2 rings (SSSR count). The van der Waals surface area contributed by atoms with Crippen LogP contribution in [0.1, 0.15) is 25.7 Å². The Morgan fingerprint density at radius 2 is 1.67 bits per heavy atom. The van der Waals surface area contributed by atoms with Crippen LogP contribution in [0.4, 0.5) is 5.69 Å². The van der Waals surface area contributed by atoms with Crippen LogP contribution in [0.25, 0.3) is 0 Å². The minimum absolute atomic E-state index is 0.108. The van der Waals surface area contributed by atoms with E-state index in [1.54, 1.807) is 0 Å². The van der Waals surface area contributed by atoms with Crippen LogP contribution in [0.5, 0.6) is 0 Å². The molecule has 0 heterocycles. The van der Waals surface area contributed by atoms with E-state index in [1.807, 2.05) is 12.1 Å². The number of hydrogen-bond donors (Lipinski definition) is 2. The van der Waals surface area contributed by atoms with Crippen molar-refractivity contribution >= 4 is 59.4 Å². The fourth-order valence-electron chi connectivity index (χ4n) is 2.13. The van der Waals surface area contributed by atoms with Crippen molar-refractivity contribution in [1.29, 1.82) is 0 Å². The first kappa shape index (κ1) is 14.5. The van der Waals surface area contributed by atoms with Gasteiger partial charge in [0.25, 0.3) is 0 Å². The Morgan fingerprint density at radius 1 is 1.17 bits per heavy atom. The van der Waals surface area contributed by atoms with E-state index in [0.29, 0.717) is 0 Å². The molecule has 98 valence electrons. The normalized spacial score (nSPS) is 17.8. The van der Waals surface area contributed by atoms with Gasteiger partial charge in [0, 0.05) is 13.4 Å². The number of benzene rings is 1. The summed E-state index contributed by atoms with van der Waals surface area (Å²) in [6.07, 6.45) is 3.55. The van der Waals surface area contributed by atoms with Crippen LogP contribution in [-0.2, 0) is 4.79 Å². The highest BCUT2D eigenvalue weighted by molar-refractivity contribution is 9.11. The molecule has 1 aromatic carbocycles. The highest BCUT2D eigenvalue weighted by Crippen LogP contribution is 2.36. The average Bonchev–Trinajstić information content (AvgIpc) is 2.71. The molecule has 1 aromatic rings. The van der Waals surface area contributed by atoms with Crippen molar-refractivity contribution < 1.29 is 4.79 Å². The van der Waals surface area contributed by atoms with Crippen LogP contribution in [0, 0.1) is 0 Å². The van der Waals surface area contributed by atoms with Gasteiger partial charge in [0.05, 0.1) is 11.2 Å². The van der Waals surface area contributed by atoms with Gasteiger partial charge in [-0.25, -0.2) is 0 Å². The van der Waals surface area contributed by atoms with Gasteiger partial charge in [-0.05, 0) is 56.8 Å². The second-order valence-corrected chi connectivity index (χ2v) is 7.19. The quantitative estimate of drug-likeness (QED) is 0.724. The molecule has 1 aliphatic rings. The van der Waals surface area contributed by atoms with E-state index in [-0.39, 0.29) is 5.91 Å². The Morgan fingerprint density at radius 3 is 2.17 bits per heavy atom. The molecule has 18 heavy (non-hydrogen) atoms. The minimum Gasteiger partial charge on any atom is -0.323 e. The Hall–Kier alpha value is 0.0900. The van der Waals surface area contributed by atoms with Gasteiger partial charge >= 0.3 is 0 Å². The molecule has 1 fully saturated rings. The lowest BCUT2D eigenvalue weighted by atomic mass is 9.98. The molecule has 0 unspecified atom stereocenters. The first-order valence-electron chi connectivity index (χ1n) is 5.67. The summed E-state index contributed by atoms with van der Waals surface area (Å²) in [5, 5.41) is 2.91. The summed E-state index contributed by atoms with van der Waals surface area (Å²) in [6.45, 7) is 0. The van der Waals surface area contributed by atoms with Crippen LogP contribution in [-0.4, -0.2) is 11.4 Å². The van der Waals surface area contributed by atoms with Crippen molar-refractivity contribution in [2.45, 2.75) is 31.2 Å². The molecule has 6 heteroatoms. The molecule has 0 aromatic heterocycles. The Bertz CT molecular complexity index is 461. The van der Waals surface area contributed by atoms with Gasteiger partial charge < -0.3 is 11.1 Å². The van der Waals surface area contributed by atoms with E-state index in [2.05, 4.69) is 53.1 Å². The highest BCUT2D eigenvalue weighted by Gasteiger charge is 2.37. The second kappa shape index (κ2) is 5.61. The third kappa shape index (κ3) is 2.98. The van der Waals surface area contributed by atoms with Crippen LogP contribution in [0.15, 0.2) is 25.6 Å². The average molecular weight is 441 g/mol. The van der Waals surface area contributed by atoms with Gasteiger partial charge in [0.1, 0.15) is 0 Å². The Labute approximate surface area is 131 Å². The van der Waals surface area contributed by atoms with Crippen molar-refractivity contribution in [2.75, 3.05) is 5.32 Å². The number of anilines is 1. The Kier molecular flexibility index (Phi) is 4.52. The number of halogens is 3.